The monoisotopic (exact) mass is 370 g/mol. The number of nitrogens with one attached hydrogen (secondary N) is 1. The van der Waals surface area contributed by atoms with E-state index in [1.54, 1.807) is 24.5 Å². The zero-order valence-electron chi connectivity index (χ0n) is 12.8. The molecule has 0 radical (unpaired) electrons. The van der Waals surface area contributed by atoms with Gasteiger partial charge >= 0.3 is 5.97 Å². The summed E-state index contributed by atoms with van der Waals surface area (Å²) in [6, 6.07) is 8.66. The van der Waals surface area contributed by atoms with Gasteiger partial charge in [0.05, 0.1) is 12.0 Å². The molecule has 0 aliphatic carbocycles. The Morgan fingerprint density at radius 3 is 2.72 bits per heavy atom. The molecule has 3 aromatic heterocycles. The number of nitriles is 1. The molecular weight excluding hydrogens is 360 g/mol. The highest BCUT2D eigenvalue weighted by Crippen LogP contribution is 2.30. The molecule has 25 heavy (non-hydrogen) atoms. The van der Waals surface area contributed by atoms with Crippen molar-refractivity contribution in [2.75, 3.05) is 12.4 Å². The van der Waals surface area contributed by atoms with Gasteiger partial charge in [0.2, 0.25) is 0 Å². The van der Waals surface area contributed by atoms with Crippen molar-refractivity contribution in [1.29, 1.82) is 5.26 Å². The first-order chi connectivity index (χ1) is 12.1. The number of methoxy groups -OCH3 is 1. The Balaban J connectivity index is 1.83. The van der Waals surface area contributed by atoms with Gasteiger partial charge in [-0.2, -0.15) is 5.26 Å². The predicted octanol–water partition coefficient (Wildman–Crippen LogP) is 3.18. The minimum atomic E-state index is -0.496. The summed E-state index contributed by atoms with van der Waals surface area (Å²) in [5.74, 6) is -0.903. The number of rotatable bonds is 4. The highest BCUT2D eigenvalue weighted by molar-refractivity contribution is 7.17. The van der Waals surface area contributed by atoms with Crippen molar-refractivity contribution in [2.45, 2.75) is 0 Å². The molecule has 124 valence electrons. The SMILES string of the molecule is COC(=O)c1ccc(C(=O)Nc2nc(-c3cccnc3)c(C#N)s2)s1. The molecule has 3 heterocycles. The van der Waals surface area contributed by atoms with Gasteiger partial charge in [0, 0.05) is 18.0 Å². The van der Waals surface area contributed by atoms with E-state index in [1.165, 1.54) is 19.2 Å². The Bertz CT molecular complexity index is 973. The number of hydrogen-bond acceptors (Lipinski definition) is 8. The molecule has 0 aliphatic rings. The van der Waals surface area contributed by atoms with E-state index in [0.717, 1.165) is 22.7 Å². The minimum Gasteiger partial charge on any atom is -0.465 e. The Hall–Kier alpha value is -3.09. The van der Waals surface area contributed by atoms with Crippen LogP contribution in [0.25, 0.3) is 11.3 Å². The van der Waals surface area contributed by atoms with Gasteiger partial charge in [-0.1, -0.05) is 11.3 Å². The average Bonchev–Trinajstić information content (AvgIpc) is 3.29. The predicted molar refractivity (Wildman–Crippen MR) is 93.7 cm³/mol. The Morgan fingerprint density at radius 2 is 2.04 bits per heavy atom. The lowest BCUT2D eigenvalue weighted by atomic mass is 10.2. The van der Waals surface area contributed by atoms with Gasteiger partial charge in [-0.15, -0.1) is 11.3 Å². The number of ether oxygens (including phenoxy) is 1. The van der Waals surface area contributed by atoms with Gasteiger partial charge in [0.25, 0.3) is 5.91 Å². The van der Waals surface area contributed by atoms with Crippen LogP contribution in [0.1, 0.15) is 24.2 Å². The molecule has 0 saturated heterocycles. The fraction of sp³-hybridized carbons (Fsp3) is 0.0625. The number of amides is 1. The summed E-state index contributed by atoms with van der Waals surface area (Å²) in [4.78, 5) is 33.1. The molecule has 3 aromatic rings. The second-order valence-corrected chi connectivity index (χ2v) is 6.74. The maximum atomic E-state index is 12.3. The average molecular weight is 370 g/mol. The Kier molecular flexibility index (Phi) is 4.83. The molecule has 7 nitrogen and oxygen atoms in total. The number of aromatic nitrogens is 2. The van der Waals surface area contributed by atoms with Crippen LogP contribution in [0.3, 0.4) is 0 Å². The van der Waals surface area contributed by atoms with Gasteiger partial charge in [-0.25, -0.2) is 9.78 Å². The number of carbonyl (C=O) groups excluding carboxylic acids is 2. The highest BCUT2D eigenvalue weighted by Gasteiger charge is 2.18. The van der Waals surface area contributed by atoms with Crippen LogP contribution in [0.15, 0.2) is 36.7 Å². The molecule has 0 spiro atoms. The molecule has 0 bridgehead atoms. The van der Waals surface area contributed by atoms with Gasteiger partial charge < -0.3 is 4.74 Å². The Morgan fingerprint density at radius 1 is 1.24 bits per heavy atom. The van der Waals surface area contributed by atoms with E-state index in [9.17, 15) is 14.9 Å². The summed E-state index contributed by atoms with van der Waals surface area (Å²) in [5, 5.41) is 12.2. The summed E-state index contributed by atoms with van der Waals surface area (Å²) in [5.41, 5.74) is 1.16. The molecule has 0 aromatic carbocycles. The van der Waals surface area contributed by atoms with Crippen LogP contribution in [-0.2, 0) is 4.74 Å². The van der Waals surface area contributed by atoms with E-state index < -0.39 is 11.9 Å². The van der Waals surface area contributed by atoms with E-state index in [-0.39, 0.29) is 0 Å². The van der Waals surface area contributed by atoms with Crippen molar-refractivity contribution in [2.24, 2.45) is 0 Å². The van der Waals surface area contributed by atoms with E-state index in [4.69, 9.17) is 0 Å². The summed E-state index contributed by atoms with van der Waals surface area (Å²) < 4.78 is 4.62. The van der Waals surface area contributed by atoms with Crippen molar-refractivity contribution in [1.82, 2.24) is 9.97 Å². The number of esters is 1. The van der Waals surface area contributed by atoms with Crippen LogP contribution < -0.4 is 5.32 Å². The van der Waals surface area contributed by atoms with Gasteiger partial charge in [-0.05, 0) is 24.3 Å². The molecule has 9 heteroatoms. The lowest BCUT2D eigenvalue weighted by Gasteiger charge is -1.98. The van der Waals surface area contributed by atoms with Crippen LogP contribution in [0.4, 0.5) is 5.13 Å². The summed E-state index contributed by atoms with van der Waals surface area (Å²) >= 11 is 2.10. The van der Waals surface area contributed by atoms with E-state index in [1.807, 2.05) is 0 Å². The second-order valence-electron chi connectivity index (χ2n) is 4.66. The first-order valence-corrected chi connectivity index (χ1v) is 8.56. The van der Waals surface area contributed by atoms with Crippen LogP contribution in [0, 0.1) is 11.3 Å². The zero-order valence-corrected chi connectivity index (χ0v) is 14.5. The van der Waals surface area contributed by atoms with Gasteiger partial charge in [-0.3, -0.25) is 15.1 Å². The molecule has 0 saturated carbocycles. The van der Waals surface area contributed by atoms with Crippen molar-refractivity contribution in [3.05, 3.63) is 51.3 Å². The quantitative estimate of drug-likeness (QED) is 0.707. The first-order valence-electron chi connectivity index (χ1n) is 6.93. The number of thiophene rings is 1. The number of nitrogens with zero attached hydrogens (tertiary/aromatic N) is 3. The third-order valence-electron chi connectivity index (χ3n) is 3.10. The minimum absolute atomic E-state index is 0.299. The molecule has 3 rings (SSSR count). The van der Waals surface area contributed by atoms with Gasteiger partial charge in [0.1, 0.15) is 21.5 Å². The van der Waals surface area contributed by atoms with Crippen molar-refractivity contribution in [3.8, 4) is 17.3 Å². The largest absolute Gasteiger partial charge is 0.465 e. The molecule has 0 aliphatic heterocycles. The standard InChI is InChI=1S/C16H10N4O3S2/c1-23-15(22)11-5-4-10(24-11)14(21)20-16-19-13(12(7-17)25-16)9-3-2-6-18-8-9/h2-6,8H,1H3,(H,19,20,21). The fourth-order valence-corrected chi connectivity index (χ4v) is 3.58. The molecule has 0 atom stereocenters. The third kappa shape index (κ3) is 3.55. The van der Waals surface area contributed by atoms with Crippen molar-refractivity contribution >= 4 is 39.7 Å². The summed E-state index contributed by atoms with van der Waals surface area (Å²) in [6.07, 6.45) is 3.23. The normalized spacial score (nSPS) is 10.1. The molecular formula is C16H10N4O3S2. The van der Waals surface area contributed by atoms with E-state index in [0.29, 0.717) is 31.0 Å². The van der Waals surface area contributed by atoms with Crippen molar-refractivity contribution < 1.29 is 14.3 Å². The van der Waals surface area contributed by atoms with Crippen molar-refractivity contribution in [3.63, 3.8) is 0 Å². The maximum Gasteiger partial charge on any atom is 0.348 e. The lowest BCUT2D eigenvalue weighted by molar-refractivity contribution is 0.0606. The summed E-state index contributed by atoms with van der Waals surface area (Å²) in [6.45, 7) is 0. The summed E-state index contributed by atoms with van der Waals surface area (Å²) in [7, 11) is 1.28. The number of anilines is 1. The Labute approximate surface area is 150 Å². The number of thiazole rings is 1. The zero-order chi connectivity index (χ0) is 17.8. The van der Waals surface area contributed by atoms with Crippen LogP contribution in [-0.4, -0.2) is 29.0 Å². The lowest BCUT2D eigenvalue weighted by Crippen LogP contribution is -2.09. The number of pyridine rings is 1. The van der Waals surface area contributed by atoms with Gasteiger partial charge in [0.15, 0.2) is 5.13 Å². The number of hydrogen-bond donors (Lipinski definition) is 1. The molecule has 0 unspecified atom stereocenters. The topological polar surface area (TPSA) is 105 Å². The maximum absolute atomic E-state index is 12.3. The second kappa shape index (κ2) is 7.21. The van der Waals surface area contributed by atoms with E-state index >= 15 is 0 Å². The van der Waals surface area contributed by atoms with E-state index in [2.05, 4.69) is 26.1 Å². The molecule has 0 fully saturated rings. The van der Waals surface area contributed by atoms with Crippen LogP contribution in [0.2, 0.25) is 0 Å². The smallest absolute Gasteiger partial charge is 0.348 e. The third-order valence-corrected chi connectivity index (χ3v) is 5.04. The van der Waals surface area contributed by atoms with Crippen LogP contribution >= 0.6 is 22.7 Å². The first kappa shape index (κ1) is 16.8. The highest BCUT2D eigenvalue weighted by atomic mass is 32.1. The number of carbonyl (C=O) groups is 2. The molecule has 1 N–H and O–H groups in total. The van der Waals surface area contributed by atoms with Crippen LogP contribution in [0.5, 0.6) is 0 Å². The fourth-order valence-electron chi connectivity index (χ4n) is 1.98. The molecule has 1 amide bonds.